The molecule has 0 unspecified atom stereocenters. The van der Waals surface area contributed by atoms with Crippen LogP contribution in [0, 0.1) is 12.8 Å². The van der Waals surface area contributed by atoms with E-state index in [2.05, 4.69) is 10.3 Å². The SMILES string of the molecule is COc1ccc(OC2CC(Cc3nc(C)c4c(n3)N(C)[C@@H](C)C(=O)N4)C2)cc1. The highest BCUT2D eigenvalue weighted by Crippen LogP contribution is 2.36. The number of carbonyl (C=O) groups is 1. The highest BCUT2D eigenvalue weighted by atomic mass is 16.5. The number of amides is 1. The van der Waals surface area contributed by atoms with Gasteiger partial charge in [-0.1, -0.05) is 0 Å². The Morgan fingerprint density at radius 2 is 1.86 bits per heavy atom. The maximum absolute atomic E-state index is 12.0. The molecule has 1 aliphatic heterocycles. The topological polar surface area (TPSA) is 76.6 Å². The molecule has 0 spiro atoms. The summed E-state index contributed by atoms with van der Waals surface area (Å²) >= 11 is 0. The van der Waals surface area contributed by atoms with E-state index in [0.29, 0.717) is 5.92 Å². The van der Waals surface area contributed by atoms with Crippen LogP contribution in [0.3, 0.4) is 0 Å². The Bertz CT molecular complexity index is 878. The number of aryl methyl sites for hydroxylation is 1. The first-order chi connectivity index (χ1) is 13.4. The van der Waals surface area contributed by atoms with Crippen LogP contribution in [0.4, 0.5) is 11.5 Å². The molecule has 148 valence electrons. The number of nitrogens with zero attached hydrogens (tertiary/aromatic N) is 3. The Hall–Kier alpha value is -2.83. The number of methoxy groups -OCH3 is 1. The lowest BCUT2D eigenvalue weighted by Crippen LogP contribution is -2.45. The van der Waals surface area contributed by atoms with Gasteiger partial charge in [0.2, 0.25) is 5.91 Å². The van der Waals surface area contributed by atoms with Crippen molar-refractivity contribution in [1.82, 2.24) is 9.97 Å². The number of likely N-dealkylation sites (N-methyl/N-ethyl adjacent to an activating group) is 1. The van der Waals surface area contributed by atoms with Gasteiger partial charge in [0.1, 0.15) is 29.1 Å². The second kappa shape index (κ2) is 7.30. The van der Waals surface area contributed by atoms with Crippen LogP contribution in [0.25, 0.3) is 0 Å². The molecular weight excluding hydrogens is 356 g/mol. The van der Waals surface area contributed by atoms with Crippen molar-refractivity contribution >= 4 is 17.4 Å². The van der Waals surface area contributed by atoms with E-state index in [9.17, 15) is 4.79 Å². The molecule has 4 rings (SSSR count). The summed E-state index contributed by atoms with van der Waals surface area (Å²) in [7, 11) is 3.56. The van der Waals surface area contributed by atoms with Crippen LogP contribution in [0.5, 0.6) is 11.5 Å². The van der Waals surface area contributed by atoms with Gasteiger partial charge in [0.05, 0.1) is 18.9 Å². The number of benzene rings is 1. The molecule has 7 nitrogen and oxygen atoms in total. The van der Waals surface area contributed by atoms with Crippen molar-refractivity contribution in [2.24, 2.45) is 5.92 Å². The minimum Gasteiger partial charge on any atom is -0.497 e. The van der Waals surface area contributed by atoms with Crippen molar-refractivity contribution < 1.29 is 14.3 Å². The number of aromatic nitrogens is 2. The smallest absolute Gasteiger partial charge is 0.246 e. The van der Waals surface area contributed by atoms with Gasteiger partial charge in [-0.2, -0.15) is 0 Å². The fourth-order valence-corrected chi connectivity index (χ4v) is 3.74. The molecule has 1 aromatic heterocycles. The number of anilines is 2. The van der Waals surface area contributed by atoms with Crippen molar-refractivity contribution in [1.29, 1.82) is 0 Å². The zero-order chi connectivity index (χ0) is 19.8. The molecular formula is C21H26N4O3. The molecule has 0 radical (unpaired) electrons. The molecule has 1 saturated carbocycles. The quantitative estimate of drug-likeness (QED) is 0.857. The summed E-state index contributed by atoms with van der Waals surface area (Å²) in [6, 6.07) is 7.46. The highest BCUT2D eigenvalue weighted by molar-refractivity contribution is 6.02. The van der Waals surface area contributed by atoms with E-state index in [0.717, 1.165) is 53.8 Å². The van der Waals surface area contributed by atoms with E-state index in [1.54, 1.807) is 7.11 Å². The van der Waals surface area contributed by atoms with Crippen LogP contribution in [0.1, 0.15) is 31.3 Å². The lowest BCUT2D eigenvalue weighted by atomic mass is 9.80. The zero-order valence-electron chi connectivity index (χ0n) is 16.7. The standard InChI is InChI=1S/C21H26N4O3/c1-12-19-20(25(3)13(2)21(26)24-19)23-18(22-12)11-14-9-17(10-14)28-16-7-5-15(27-4)6-8-16/h5-8,13-14,17H,9-11H2,1-4H3,(H,24,26)/t13-,14?,17?/m0/s1. The number of rotatable bonds is 5. The normalized spacial score (nSPS) is 23.5. The van der Waals surface area contributed by atoms with Crippen LogP contribution < -0.4 is 19.7 Å². The van der Waals surface area contributed by atoms with Crippen molar-refractivity contribution in [3.05, 3.63) is 35.8 Å². The van der Waals surface area contributed by atoms with E-state index < -0.39 is 0 Å². The second-order valence-corrected chi connectivity index (χ2v) is 7.66. The Morgan fingerprint density at radius 3 is 2.54 bits per heavy atom. The third kappa shape index (κ3) is 3.48. The Kier molecular flexibility index (Phi) is 4.83. The average molecular weight is 382 g/mol. The summed E-state index contributed by atoms with van der Waals surface area (Å²) in [6.45, 7) is 3.80. The maximum Gasteiger partial charge on any atom is 0.246 e. The molecule has 28 heavy (non-hydrogen) atoms. The van der Waals surface area contributed by atoms with Gasteiger partial charge in [-0.15, -0.1) is 0 Å². The van der Waals surface area contributed by atoms with Crippen molar-refractivity contribution in [2.75, 3.05) is 24.4 Å². The molecule has 0 saturated heterocycles. The number of ether oxygens (including phenoxy) is 2. The van der Waals surface area contributed by atoms with E-state index in [1.807, 2.05) is 50.1 Å². The number of hydrogen-bond acceptors (Lipinski definition) is 6. The molecule has 1 aliphatic carbocycles. The van der Waals surface area contributed by atoms with Crippen LogP contribution in [0.2, 0.25) is 0 Å². The molecule has 2 heterocycles. The third-order valence-corrected chi connectivity index (χ3v) is 5.69. The molecule has 1 aromatic carbocycles. The Labute approximate surface area is 165 Å². The summed E-state index contributed by atoms with van der Waals surface area (Å²) in [4.78, 5) is 23.3. The van der Waals surface area contributed by atoms with Gasteiger partial charge in [-0.05, 0) is 56.9 Å². The summed E-state index contributed by atoms with van der Waals surface area (Å²) < 4.78 is 11.2. The number of carbonyl (C=O) groups excluding carboxylic acids is 1. The fourth-order valence-electron chi connectivity index (χ4n) is 3.74. The van der Waals surface area contributed by atoms with E-state index in [4.69, 9.17) is 14.5 Å². The molecule has 0 bridgehead atoms. The summed E-state index contributed by atoms with van der Waals surface area (Å²) in [5, 5.41) is 2.92. The van der Waals surface area contributed by atoms with Crippen LogP contribution in [0.15, 0.2) is 24.3 Å². The van der Waals surface area contributed by atoms with Gasteiger partial charge in [0.25, 0.3) is 0 Å². The van der Waals surface area contributed by atoms with Gasteiger partial charge in [0.15, 0.2) is 5.82 Å². The first-order valence-electron chi connectivity index (χ1n) is 9.66. The average Bonchev–Trinajstić information content (AvgIpc) is 2.66. The van der Waals surface area contributed by atoms with E-state index >= 15 is 0 Å². The first-order valence-corrected chi connectivity index (χ1v) is 9.66. The summed E-state index contributed by atoms with van der Waals surface area (Å²) in [5.41, 5.74) is 1.54. The lowest BCUT2D eigenvalue weighted by Gasteiger charge is -2.36. The Morgan fingerprint density at radius 1 is 1.18 bits per heavy atom. The van der Waals surface area contributed by atoms with Gasteiger partial charge in [0, 0.05) is 13.5 Å². The molecule has 1 N–H and O–H groups in total. The van der Waals surface area contributed by atoms with Crippen LogP contribution in [-0.4, -0.2) is 42.2 Å². The van der Waals surface area contributed by atoms with E-state index in [-0.39, 0.29) is 18.1 Å². The molecule has 1 amide bonds. The van der Waals surface area contributed by atoms with Crippen molar-refractivity contribution in [2.45, 2.75) is 45.3 Å². The van der Waals surface area contributed by atoms with Crippen LogP contribution in [-0.2, 0) is 11.2 Å². The van der Waals surface area contributed by atoms with E-state index in [1.165, 1.54) is 0 Å². The fraction of sp³-hybridized carbons (Fsp3) is 0.476. The maximum atomic E-state index is 12.0. The summed E-state index contributed by atoms with van der Waals surface area (Å²) in [6.07, 6.45) is 3.05. The number of nitrogens with one attached hydrogen (secondary N) is 1. The zero-order valence-corrected chi connectivity index (χ0v) is 16.7. The predicted octanol–water partition coefficient (Wildman–Crippen LogP) is 2.97. The molecule has 2 aliphatic rings. The molecule has 7 heteroatoms. The minimum atomic E-state index is -0.236. The third-order valence-electron chi connectivity index (χ3n) is 5.69. The van der Waals surface area contributed by atoms with Crippen molar-refractivity contribution in [3.8, 4) is 11.5 Å². The number of hydrogen-bond donors (Lipinski definition) is 1. The monoisotopic (exact) mass is 382 g/mol. The summed E-state index contributed by atoms with van der Waals surface area (Å²) in [5.74, 6) is 3.83. The van der Waals surface area contributed by atoms with Gasteiger partial charge >= 0.3 is 0 Å². The predicted molar refractivity (Wildman–Crippen MR) is 107 cm³/mol. The highest BCUT2D eigenvalue weighted by Gasteiger charge is 2.34. The Balaban J connectivity index is 1.37. The molecule has 2 aromatic rings. The van der Waals surface area contributed by atoms with Gasteiger partial charge < -0.3 is 19.7 Å². The lowest BCUT2D eigenvalue weighted by molar-refractivity contribution is -0.117. The first kappa shape index (κ1) is 18.5. The van der Waals surface area contributed by atoms with Gasteiger partial charge in [-0.25, -0.2) is 9.97 Å². The second-order valence-electron chi connectivity index (χ2n) is 7.66. The molecule has 1 fully saturated rings. The van der Waals surface area contributed by atoms with Crippen LogP contribution >= 0.6 is 0 Å². The minimum absolute atomic E-state index is 0.0213. The van der Waals surface area contributed by atoms with Gasteiger partial charge in [-0.3, -0.25) is 4.79 Å². The number of fused-ring (bicyclic) bond motifs is 1. The van der Waals surface area contributed by atoms with Crippen molar-refractivity contribution in [3.63, 3.8) is 0 Å². The largest absolute Gasteiger partial charge is 0.497 e. The molecule has 1 atom stereocenters.